The zero-order chi connectivity index (χ0) is 12.8. The highest BCUT2D eigenvalue weighted by Gasteiger charge is 2.19. The van der Waals surface area contributed by atoms with E-state index in [0.717, 1.165) is 0 Å². The predicted molar refractivity (Wildman–Crippen MR) is 64.1 cm³/mol. The molecule has 1 heterocycles. The van der Waals surface area contributed by atoms with Crippen molar-refractivity contribution in [2.24, 2.45) is 11.7 Å². The highest BCUT2D eigenvalue weighted by molar-refractivity contribution is 5.96. The third-order valence-electron chi connectivity index (χ3n) is 2.28. The molecule has 0 aromatic carbocycles. The zero-order valence-corrected chi connectivity index (χ0v) is 10.0. The van der Waals surface area contributed by atoms with Crippen molar-refractivity contribution >= 4 is 11.8 Å². The van der Waals surface area contributed by atoms with Crippen LogP contribution in [0, 0.1) is 5.92 Å². The monoisotopic (exact) mass is 235 g/mol. The van der Waals surface area contributed by atoms with E-state index in [9.17, 15) is 9.59 Å². The van der Waals surface area contributed by atoms with Crippen molar-refractivity contribution < 1.29 is 9.59 Å². The summed E-state index contributed by atoms with van der Waals surface area (Å²) < 4.78 is 0. The van der Waals surface area contributed by atoms with Gasteiger partial charge >= 0.3 is 0 Å². The van der Waals surface area contributed by atoms with E-state index in [1.807, 2.05) is 13.8 Å². The lowest BCUT2D eigenvalue weighted by atomic mass is 10.0. The molecule has 0 bridgehead atoms. The highest BCUT2D eigenvalue weighted by atomic mass is 16.2. The molecule has 1 aromatic heterocycles. The van der Waals surface area contributed by atoms with Gasteiger partial charge in [-0.2, -0.15) is 0 Å². The minimum Gasteiger partial charge on any atom is -0.368 e. The molecule has 0 unspecified atom stereocenters. The Bertz CT molecular complexity index is 390. The summed E-state index contributed by atoms with van der Waals surface area (Å²) in [7, 11) is 0. The molecule has 2 amide bonds. The molecular weight excluding hydrogens is 218 g/mol. The average molecular weight is 235 g/mol. The molecule has 0 aliphatic heterocycles. The normalized spacial score (nSPS) is 12.2. The largest absolute Gasteiger partial charge is 0.368 e. The van der Waals surface area contributed by atoms with Gasteiger partial charge in [0.1, 0.15) is 6.04 Å². The Morgan fingerprint density at radius 3 is 2.65 bits per heavy atom. The number of pyridine rings is 1. The molecule has 0 saturated heterocycles. The van der Waals surface area contributed by atoms with Crippen LogP contribution in [0.4, 0.5) is 0 Å². The summed E-state index contributed by atoms with van der Waals surface area (Å²) in [4.78, 5) is 26.8. The quantitative estimate of drug-likeness (QED) is 0.788. The lowest BCUT2D eigenvalue weighted by Gasteiger charge is -2.17. The summed E-state index contributed by atoms with van der Waals surface area (Å²) in [5.41, 5.74) is 5.66. The van der Waals surface area contributed by atoms with Gasteiger partial charge in [-0.3, -0.25) is 14.6 Å². The Hall–Kier alpha value is -1.91. The number of hydrogen-bond donors (Lipinski definition) is 2. The Balaban J connectivity index is 2.68. The number of carbonyl (C=O) groups is 2. The van der Waals surface area contributed by atoms with Crippen LogP contribution >= 0.6 is 0 Å². The van der Waals surface area contributed by atoms with Crippen molar-refractivity contribution in [2.45, 2.75) is 26.3 Å². The van der Waals surface area contributed by atoms with E-state index >= 15 is 0 Å². The zero-order valence-electron chi connectivity index (χ0n) is 10.0. The van der Waals surface area contributed by atoms with E-state index in [1.54, 1.807) is 18.3 Å². The smallest absolute Gasteiger partial charge is 0.253 e. The first-order valence-electron chi connectivity index (χ1n) is 5.51. The molecule has 0 fully saturated rings. The molecular formula is C12H17N3O2. The number of hydrogen-bond acceptors (Lipinski definition) is 3. The summed E-state index contributed by atoms with van der Waals surface area (Å²) in [6.07, 6.45) is 3.56. The minimum atomic E-state index is -0.636. The predicted octanol–water partition coefficient (Wildman–Crippen LogP) is 0.711. The number of nitrogens with zero attached hydrogens (tertiary/aromatic N) is 1. The first kappa shape index (κ1) is 13.2. The molecule has 1 aromatic rings. The molecule has 1 rings (SSSR count). The van der Waals surface area contributed by atoms with Crippen molar-refractivity contribution in [2.75, 3.05) is 0 Å². The Morgan fingerprint density at radius 1 is 1.47 bits per heavy atom. The van der Waals surface area contributed by atoms with E-state index in [2.05, 4.69) is 10.3 Å². The number of nitrogens with one attached hydrogen (secondary N) is 1. The summed E-state index contributed by atoms with van der Waals surface area (Å²) in [6, 6.07) is 2.66. The SMILES string of the molecule is CC(C)C[C@@H](NC(=O)c1cccnc1)C(N)=O. The van der Waals surface area contributed by atoms with Gasteiger partial charge in [0.05, 0.1) is 5.56 Å². The summed E-state index contributed by atoms with van der Waals surface area (Å²) in [5, 5.41) is 2.61. The molecule has 0 spiro atoms. The second-order valence-corrected chi connectivity index (χ2v) is 4.30. The molecule has 0 saturated carbocycles. The van der Waals surface area contributed by atoms with Crippen LogP contribution in [0.5, 0.6) is 0 Å². The van der Waals surface area contributed by atoms with Crippen molar-refractivity contribution in [3.05, 3.63) is 30.1 Å². The van der Waals surface area contributed by atoms with E-state index in [0.29, 0.717) is 12.0 Å². The molecule has 17 heavy (non-hydrogen) atoms. The van der Waals surface area contributed by atoms with Crippen LogP contribution in [-0.2, 0) is 4.79 Å². The number of carbonyl (C=O) groups excluding carboxylic acids is 2. The van der Waals surface area contributed by atoms with Gasteiger partial charge in [-0.1, -0.05) is 13.8 Å². The van der Waals surface area contributed by atoms with Crippen LogP contribution in [0.15, 0.2) is 24.5 Å². The third-order valence-corrected chi connectivity index (χ3v) is 2.28. The first-order valence-corrected chi connectivity index (χ1v) is 5.51. The third kappa shape index (κ3) is 4.22. The van der Waals surface area contributed by atoms with Gasteiger partial charge in [0.15, 0.2) is 0 Å². The fraction of sp³-hybridized carbons (Fsp3) is 0.417. The molecule has 92 valence electrons. The molecule has 5 nitrogen and oxygen atoms in total. The molecule has 1 atom stereocenters. The van der Waals surface area contributed by atoms with Crippen LogP contribution in [0.1, 0.15) is 30.6 Å². The van der Waals surface area contributed by atoms with Gasteiger partial charge in [0.2, 0.25) is 5.91 Å². The number of aromatic nitrogens is 1. The van der Waals surface area contributed by atoms with Crippen LogP contribution < -0.4 is 11.1 Å². The fourth-order valence-electron chi connectivity index (χ4n) is 1.46. The number of amides is 2. The van der Waals surface area contributed by atoms with E-state index in [4.69, 9.17) is 5.73 Å². The molecule has 3 N–H and O–H groups in total. The second kappa shape index (κ2) is 5.98. The van der Waals surface area contributed by atoms with Crippen molar-refractivity contribution in [1.82, 2.24) is 10.3 Å². The maximum Gasteiger partial charge on any atom is 0.253 e. The Kier molecular flexibility index (Phi) is 4.63. The standard InChI is InChI=1S/C12H17N3O2/c1-8(2)6-10(11(13)16)15-12(17)9-4-3-5-14-7-9/h3-5,7-8,10H,6H2,1-2H3,(H2,13,16)(H,15,17)/t10-/m1/s1. The first-order chi connectivity index (χ1) is 8.00. The number of primary amides is 1. The number of rotatable bonds is 5. The van der Waals surface area contributed by atoms with Crippen molar-refractivity contribution in [3.63, 3.8) is 0 Å². The van der Waals surface area contributed by atoms with Gasteiger partial charge < -0.3 is 11.1 Å². The van der Waals surface area contributed by atoms with Crippen LogP contribution in [0.3, 0.4) is 0 Å². The maximum atomic E-state index is 11.8. The topological polar surface area (TPSA) is 85.1 Å². The lowest BCUT2D eigenvalue weighted by molar-refractivity contribution is -0.120. The lowest BCUT2D eigenvalue weighted by Crippen LogP contribution is -2.45. The number of nitrogens with two attached hydrogens (primary N) is 1. The van der Waals surface area contributed by atoms with Gasteiger partial charge in [-0.15, -0.1) is 0 Å². The van der Waals surface area contributed by atoms with Gasteiger partial charge in [-0.25, -0.2) is 0 Å². The van der Waals surface area contributed by atoms with Crippen LogP contribution in [-0.4, -0.2) is 22.8 Å². The fourth-order valence-corrected chi connectivity index (χ4v) is 1.46. The molecule has 5 heteroatoms. The van der Waals surface area contributed by atoms with E-state index < -0.39 is 11.9 Å². The van der Waals surface area contributed by atoms with Crippen LogP contribution in [0.2, 0.25) is 0 Å². The summed E-state index contributed by atoms with van der Waals surface area (Å²) in [6.45, 7) is 3.93. The minimum absolute atomic E-state index is 0.279. The molecule has 0 aliphatic carbocycles. The van der Waals surface area contributed by atoms with Gasteiger partial charge in [-0.05, 0) is 24.5 Å². The van der Waals surface area contributed by atoms with Crippen molar-refractivity contribution in [3.8, 4) is 0 Å². The van der Waals surface area contributed by atoms with Crippen molar-refractivity contribution in [1.29, 1.82) is 0 Å². The Morgan fingerprint density at radius 2 is 2.18 bits per heavy atom. The Labute approximate surface area is 100 Å². The van der Waals surface area contributed by atoms with Crippen LogP contribution in [0.25, 0.3) is 0 Å². The average Bonchev–Trinajstić information content (AvgIpc) is 2.28. The summed E-state index contributed by atoms with van der Waals surface area (Å²) in [5.74, 6) is -0.569. The maximum absolute atomic E-state index is 11.8. The second-order valence-electron chi connectivity index (χ2n) is 4.30. The highest BCUT2D eigenvalue weighted by Crippen LogP contribution is 2.05. The summed E-state index contributed by atoms with van der Waals surface area (Å²) >= 11 is 0. The molecule has 0 aliphatic rings. The van der Waals surface area contributed by atoms with E-state index in [1.165, 1.54) is 6.20 Å². The van der Waals surface area contributed by atoms with Gasteiger partial charge in [0.25, 0.3) is 5.91 Å². The van der Waals surface area contributed by atoms with E-state index in [-0.39, 0.29) is 11.8 Å². The van der Waals surface area contributed by atoms with Gasteiger partial charge in [0, 0.05) is 12.4 Å². The molecule has 0 radical (unpaired) electrons.